The zero-order valence-electron chi connectivity index (χ0n) is 8.97. The molecule has 18 heavy (non-hydrogen) atoms. The van der Waals surface area contributed by atoms with E-state index in [-0.39, 0.29) is 10.7 Å². The third kappa shape index (κ3) is 3.09. The maximum Gasteiger partial charge on any atom is 0.263 e. The van der Waals surface area contributed by atoms with Gasteiger partial charge < -0.3 is 0 Å². The lowest BCUT2D eigenvalue weighted by Gasteiger charge is -2.08. The van der Waals surface area contributed by atoms with Gasteiger partial charge in [-0.1, -0.05) is 18.2 Å². The van der Waals surface area contributed by atoms with E-state index in [1.165, 1.54) is 18.3 Å². The maximum absolute atomic E-state index is 12.1. The van der Waals surface area contributed by atoms with Crippen LogP contribution in [0.15, 0.2) is 56.4 Å². The van der Waals surface area contributed by atoms with Crippen LogP contribution in [-0.2, 0) is 10.0 Å². The van der Waals surface area contributed by atoms with Crippen molar-refractivity contribution in [1.29, 1.82) is 0 Å². The molecule has 1 aromatic carbocycles. The van der Waals surface area contributed by atoms with Crippen molar-refractivity contribution in [3.05, 3.63) is 51.5 Å². The van der Waals surface area contributed by atoms with Gasteiger partial charge in [-0.2, -0.15) is 0 Å². The van der Waals surface area contributed by atoms with Gasteiger partial charge in [0.15, 0.2) is 5.82 Å². The predicted molar refractivity (Wildman–Crippen MR) is 76.9 cm³/mol. The fourth-order valence-corrected chi connectivity index (χ4v) is 3.54. The number of anilines is 1. The van der Waals surface area contributed by atoms with Gasteiger partial charge in [-0.3, -0.25) is 4.72 Å². The second kappa shape index (κ2) is 5.38. The molecule has 0 fully saturated rings. The number of rotatable bonds is 3. The minimum Gasteiger partial charge on any atom is -0.262 e. The Bertz CT molecular complexity index is 660. The number of pyridine rings is 1. The Kier molecular flexibility index (Phi) is 4.04. The molecule has 0 aliphatic carbocycles. The van der Waals surface area contributed by atoms with Crippen LogP contribution < -0.4 is 4.72 Å². The topological polar surface area (TPSA) is 59.1 Å². The molecule has 1 aromatic heterocycles. The van der Waals surface area contributed by atoms with Crippen LogP contribution in [0.3, 0.4) is 0 Å². The average molecular weight is 392 g/mol. The Morgan fingerprint density at radius 3 is 2.39 bits per heavy atom. The molecular weight excluding hydrogens is 384 g/mol. The van der Waals surface area contributed by atoms with Crippen molar-refractivity contribution in [2.75, 3.05) is 4.72 Å². The van der Waals surface area contributed by atoms with Gasteiger partial charge in [-0.25, -0.2) is 13.4 Å². The molecule has 1 heterocycles. The van der Waals surface area contributed by atoms with Crippen LogP contribution in [0.2, 0.25) is 0 Å². The highest BCUT2D eigenvalue weighted by Crippen LogP contribution is 2.25. The van der Waals surface area contributed by atoms with Crippen molar-refractivity contribution in [3.8, 4) is 0 Å². The molecule has 0 unspecified atom stereocenters. The summed E-state index contributed by atoms with van der Waals surface area (Å²) in [5.41, 5.74) is 0. The zero-order chi connectivity index (χ0) is 13.2. The number of nitrogens with zero attached hydrogens (tertiary/aromatic N) is 1. The number of halogens is 2. The average Bonchev–Trinajstić information content (AvgIpc) is 2.34. The zero-order valence-corrected chi connectivity index (χ0v) is 13.0. The number of hydrogen-bond donors (Lipinski definition) is 1. The maximum atomic E-state index is 12.1. The van der Waals surface area contributed by atoms with Crippen LogP contribution in [-0.4, -0.2) is 13.4 Å². The van der Waals surface area contributed by atoms with Crippen molar-refractivity contribution in [1.82, 2.24) is 4.98 Å². The van der Waals surface area contributed by atoms with E-state index in [4.69, 9.17) is 0 Å². The quantitative estimate of drug-likeness (QED) is 0.872. The summed E-state index contributed by atoms with van der Waals surface area (Å²) in [7, 11) is -3.61. The minimum absolute atomic E-state index is 0.196. The van der Waals surface area contributed by atoms with Crippen LogP contribution in [0.1, 0.15) is 0 Å². The van der Waals surface area contributed by atoms with Gasteiger partial charge in [-0.15, -0.1) is 0 Å². The molecule has 2 rings (SSSR count). The third-order valence-corrected chi connectivity index (χ3v) is 4.49. The van der Waals surface area contributed by atoms with Crippen LogP contribution in [0, 0.1) is 0 Å². The highest BCUT2D eigenvalue weighted by atomic mass is 79.9. The highest BCUT2D eigenvalue weighted by Gasteiger charge is 2.15. The third-order valence-electron chi connectivity index (χ3n) is 2.09. The molecule has 0 saturated heterocycles. The molecule has 2 aromatic rings. The number of benzene rings is 1. The SMILES string of the molecule is O=S(=O)(Nc1ncc(Br)cc1Br)c1ccccc1. The number of nitrogens with one attached hydrogen (secondary N) is 1. The van der Waals surface area contributed by atoms with Gasteiger partial charge >= 0.3 is 0 Å². The van der Waals surface area contributed by atoms with Gasteiger partial charge in [0.25, 0.3) is 10.0 Å². The van der Waals surface area contributed by atoms with Crippen LogP contribution in [0.4, 0.5) is 5.82 Å². The van der Waals surface area contributed by atoms with Crippen LogP contribution >= 0.6 is 31.9 Å². The number of sulfonamides is 1. The van der Waals surface area contributed by atoms with Gasteiger partial charge in [0, 0.05) is 10.7 Å². The van der Waals surface area contributed by atoms with Gasteiger partial charge in [0.2, 0.25) is 0 Å². The molecular formula is C11H8Br2N2O2S. The second-order valence-electron chi connectivity index (χ2n) is 3.40. The fourth-order valence-electron chi connectivity index (χ4n) is 1.28. The molecule has 0 atom stereocenters. The van der Waals surface area contributed by atoms with Crippen molar-refractivity contribution in [2.45, 2.75) is 4.90 Å². The van der Waals surface area contributed by atoms with Crippen LogP contribution in [0.25, 0.3) is 0 Å². The molecule has 0 saturated carbocycles. The molecule has 0 aliphatic rings. The van der Waals surface area contributed by atoms with E-state index in [0.717, 1.165) is 4.47 Å². The summed E-state index contributed by atoms with van der Waals surface area (Å²) >= 11 is 6.50. The standard InChI is InChI=1S/C11H8Br2N2O2S/c12-8-6-10(13)11(14-7-8)15-18(16,17)9-4-2-1-3-5-9/h1-7H,(H,14,15). The number of aromatic nitrogens is 1. The van der Waals surface area contributed by atoms with Crippen molar-refractivity contribution < 1.29 is 8.42 Å². The van der Waals surface area contributed by atoms with E-state index in [1.807, 2.05) is 0 Å². The largest absolute Gasteiger partial charge is 0.263 e. The Morgan fingerprint density at radius 2 is 1.78 bits per heavy atom. The summed E-state index contributed by atoms with van der Waals surface area (Å²) in [5, 5.41) is 0. The van der Waals surface area contributed by atoms with E-state index < -0.39 is 10.0 Å². The van der Waals surface area contributed by atoms with Crippen LogP contribution in [0.5, 0.6) is 0 Å². The highest BCUT2D eigenvalue weighted by molar-refractivity contribution is 9.11. The van der Waals surface area contributed by atoms with Gasteiger partial charge in [0.1, 0.15) is 0 Å². The summed E-state index contributed by atoms with van der Waals surface area (Å²) in [6.45, 7) is 0. The molecule has 7 heteroatoms. The normalized spacial score (nSPS) is 11.2. The lowest BCUT2D eigenvalue weighted by molar-refractivity contribution is 0.601. The molecule has 0 aliphatic heterocycles. The monoisotopic (exact) mass is 390 g/mol. The molecule has 0 radical (unpaired) electrons. The molecule has 4 nitrogen and oxygen atoms in total. The first-order valence-electron chi connectivity index (χ1n) is 4.88. The van der Waals surface area contributed by atoms with E-state index in [1.54, 1.807) is 24.3 Å². The second-order valence-corrected chi connectivity index (χ2v) is 6.85. The Balaban J connectivity index is 2.34. The van der Waals surface area contributed by atoms with Crippen molar-refractivity contribution in [3.63, 3.8) is 0 Å². The van der Waals surface area contributed by atoms with Crippen molar-refractivity contribution >= 4 is 47.7 Å². The fraction of sp³-hybridized carbons (Fsp3) is 0. The lowest BCUT2D eigenvalue weighted by atomic mass is 10.4. The molecule has 94 valence electrons. The van der Waals surface area contributed by atoms with E-state index in [0.29, 0.717) is 4.47 Å². The summed E-state index contributed by atoms with van der Waals surface area (Å²) in [5.74, 6) is 0.252. The smallest absolute Gasteiger partial charge is 0.262 e. The van der Waals surface area contributed by atoms with E-state index >= 15 is 0 Å². The number of hydrogen-bond acceptors (Lipinski definition) is 3. The minimum atomic E-state index is -3.61. The van der Waals surface area contributed by atoms with Gasteiger partial charge in [0.05, 0.1) is 9.37 Å². The summed E-state index contributed by atoms with van der Waals surface area (Å²) in [4.78, 5) is 4.20. The predicted octanol–water partition coefficient (Wildman–Crippen LogP) is 3.41. The summed E-state index contributed by atoms with van der Waals surface area (Å²) in [6.07, 6.45) is 1.52. The molecule has 0 spiro atoms. The lowest BCUT2D eigenvalue weighted by Crippen LogP contribution is -2.14. The Morgan fingerprint density at radius 1 is 1.11 bits per heavy atom. The molecule has 0 amide bonds. The summed E-state index contributed by atoms with van der Waals surface area (Å²) in [6, 6.07) is 9.85. The van der Waals surface area contributed by atoms with E-state index in [9.17, 15) is 8.42 Å². The first-order valence-corrected chi connectivity index (χ1v) is 7.95. The van der Waals surface area contributed by atoms with Crippen molar-refractivity contribution in [2.24, 2.45) is 0 Å². The molecule has 0 bridgehead atoms. The summed E-state index contributed by atoms with van der Waals surface area (Å²) < 4.78 is 27.9. The Hall–Kier alpha value is -0.920. The molecule has 1 N–H and O–H groups in total. The first-order chi connectivity index (χ1) is 8.49. The first kappa shape index (κ1) is 13.5. The Labute approximate surface area is 122 Å². The van der Waals surface area contributed by atoms with Gasteiger partial charge in [-0.05, 0) is 50.1 Å². The van der Waals surface area contributed by atoms with E-state index in [2.05, 4.69) is 41.6 Å².